The van der Waals surface area contributed by atoms with Crippen molar-refractivity contribution in [1.29, 1.82) is 0 Å². The zero-order chi connectivity index (χ0) is 43.2. The second-order valence-electron chi connectivity index (χ2n) is 17.4. The van der Waals surface area contributed by atoms with Gasteiger partial charge in [-0.25, -0.2) is 19.3 Å². The molecule has 0 radical (unpaired) electrons. The zero-order valence-electron chi connectivity index (χ0n) is 33.7. The van der Waals surface area contributed by atoms with Gasteiger partial charge >= 0.3 is 24.0 Å². The highest BCUT2D eigenvalue weighted by Gasteiger charge is 2.78. The number of carbonyl (C=O) groups is 6. The standard InChI is InChI=1S/C43H49NO15/c1-21-25(56-36(51)31(48)29(23-14-10-8-11-15-23)44-37(52)40(5,6)59-38(44)53)19-43(54)34(57-35(50)24-16-12-9-13-17-24)32-41(7,33(49)30(47)28(21)39(43,3)4)26(46)18-27-42(32,20-55-27)58-22(2)45/h8-17,25-27,29-32,34,46-48,54H,18-20H2,1-7H3/t25-,26-,27+,29-,30+,31+,32?,34?,41+,42-,43+/m0/s1. The molecule has 3 aliphatic carbocycles. The Bertz CT molecular complexity index is 2120. The number of rotatable bonds is 8. The third kappa shape index (κ3) is 6.21. The third-order valence-electron chi connectivity index (χ3n) is 13.4. The number of ether oxygens (including phenoxy) is 5. The van der Waals surface area contributed by atoms with Crippen LogP contribution in [0.3, 0.4) is 0 Å². The van der Waals surface area contributed by atoms with Crippen molar-refractivity contribution < 1.29 is 72.9 Å². The average molecular weight is 820 g/mol. The number of ketones is 1. The lowest BCUT2D eigenvalue weighted by atomic mass is 9.44. The quantitative estimate of drug-likeness (QED) is 0.170. The minimum absolute atomic E-state index is 0.0577. The summed E-state index contributed by atoms with van der Waals surface area (Å²) in [5.41, 5.74) is -9.27. The van der Waals surface area contributed by atoms with Gasteiger partial charge in [0.25, 0.3) is 5.91 Å². The van der Waals surface area contributed by atoms with Crippen LogP contribution in [0.25, 0.3) is 0 Å². The van der Waals surface area contributed by atoms with E-state index in [4.69, 9.17) is 23.7 Å². The van der Waals surface area contributed by atoms with Crippen LogP contribution < -0.4 is 0 Å². The van der Waals surface area contributed by atoms with Crippen LogP contribution in [-0.4, -0.2) is 121 Å². The van der Waals surface area contributed by atoms with Gasteiger partial charge in [0.1, 0.15) is 36.1 Å². The first kappa shape index (κ1) is 42.1. The highest BCUT2D eigenvalue weighted by atomic mass is 16.6. The van der Waals surface area contributed by atoms with Gasteiger partial charge in [0.2, 0.25) is 0 Å². The van der Waals surface area contributed by atoms with Gasteiger partial charge in [-0.3, -0.25) is 14.4 Å². The molecule has 2 aromatic carbocycles. The summed E-state index contributed by atoms with van der Waals surface area (Å²) >= 11 is 0. The molecule has 2 aliphatic heterocycles. The minimum Gasteiger partial charge on any atom is -0.456 e. The van der Waals surface area contributed by atoms with Crippen molar-refractivity contribution in [3.8, 4) is 0 Å². The summed E-state index contributed by atoms with van der Waals surface area (Å²) < 4.78 is 29.4. The van der Waals surface area contributed by atoms with Gasteiger partial charge in [0.15, 0.2) is 23.1 Å². The summed E-state index contributed by atoms with van der Waals surface area (Å²) in [5, 5.41) is 49.3. The maximum atomic E-state index is 15.0. The molecule has 4 fully saturated rings. The molecule has 316 valence electrons. The maximum absolute atomic E-state index is 15.0. The number of hydrogen-bond acceptors (Lipinski definition) is 15. The van der Waals surface area contributed by atoms with E-state index in [1.54, 1.807) is 36.4 Å². The van der Waals surface area contributed by atoms with E-state index in [1.165, 1.54) is 65.8 Å². The smallest absolute Gasteiger partial charge is 0.418 e. The van der Waals surface area contributed by atoms with Crippen LogP contribution in [0.15, 0.2) is 71.8 Å². The lowest BCUT2D eigenvalue weighted by Crippen LogP contribution is -2.81. The molecule has 0 spiro atoms. The van der Waals surface area contributed by atoms with Crippen molar-refractivity contribution in [3.63, 3.8) is 0 Å². The molecule has 16 heteroatoms. The van der Waals surface area contributed by atoms with Gasteiger partial charge in [-0.15, -0.1) is 0 Å². The Hall–Kier alpha value is -5.00. The van der Waals surface area contributed by atoms with Gasteiger partial charge in [-0.1, -0.05) is 62.4 Å². The van der Waals surface area contributed by atoms with Crippen molar-refractivity contribution in [1.82, 2.24) is 4.90 Å². The first-order chi connectivity index (χ1) is 27.5. The van der Waals surface area contributed by atoms with Crippen molar-refractivity contribution in [2.75, 3.05) is 6.61 Å². The third-order valence-corrected chi connectivity index (χ3v) is 13.4. The molecule has 2 bridgehead atoms. The van der Waals surface area contributed by atoms with Crippen molar-refractivity contribution in [2.24, 2.45) is 16.7 Å². The number of esters is 3. The molecule has 11 atom stereocenters. The number of hydrogen-bond donors (Lipinski definition) is 4. The van der Waals surface area contributed by atoms with Crippen LogP contribution >= 0.6 is 0 Å². The normalized spacial score (nSPS) is 35.4. The number of aliphatic hydroxyl groups excluding tert-OH is 3. The Morgan fingerprint density at radius 1 is 0.915 bits per heavy atom. The van der Waals surface area contributed by atoms with E-state index in [1.807, 2.05) is 0 Å². The van der Waals surface area contributed by atoms with Crippen LogP contribution in [0.2, 0.25) is 0 Å². The van der Waals surface area contributed by atoms with Crippen molar-refractivity contribution >= 4 is 35.7 Å². The van der Waals surface area contributed by atoms with Crippen molar-refractivity contribution in [2.45, 2.75) is 121 Å². The first-order valence-electron chi connectivity index (χ1n) is 19.5. The number of fused-ring (bicyclic) bond motifs is 5. The molecule has 0 aromatic heterocycles. The largest absolute Gasteiger partial charge is 0.456 e. The lowest BCUT2D eigenvalue weighted by Gasteiger charge is -2.67. The van der Waals surface area contributed by atoms with E-state index in [9.17, 15) is 49.2 Å². The van der Waals surface area contributed by atoms with Gasteiger partial charge in [-0.2, -0.15) is 0 Å². The maximum Gasteiger partial charge on any atom is 0.418 e. The summed E-state index contributed by atoms with van der Waals surface area (Å²) in [6, 6.07) is 13.9. The molecule has 2 aromatic rings. The van der Waals surface area contributed by atoms with Crippen LogP contribution in [0.4, 0.5) is 4.79 Å². The minimum atomic E-state index is -2.41. The number of cyclic esters (lactones) is 1. The SMILES string of the molecule is CC(=O)O[C@@]12CO[C@@H]1C[C@H](O)[C@@]1(C)C(=O)[C@H](O)C3=C(C)[C@@H](OC(=O)[C@H](O)[C@H](c4ccccc4)N4C(=O)OC(C)(C)C4=O)C[C@@](O)(C(OC(=O)c4ccccc4)C12)C3(C)C. The molecule has 16 nitrogen and oxygen atoms in total. The molecule has 2 unspecified atom stereocenters. The number of carbonyl (C=O) groups excluding carboxylic acids is 6. The summed E-state index contributed by atoms with van der Waals surface area (Å²) in [4.78, 5) is 83.4. The molecule has 2 amide bonds. The van der Waals surface area contributed by atoms with E-state index in [2.05, 4.69) is 0 Å². The highest BCUT2D eigenvalue weighted by molar-refractivity contribution is 6.03. The Kier molecular flexibility index (Phi) is 10.2. The van der Waals surface area contributed by atoms with Crippen LogP contribution in [-0.2, 0) is 42.9 Å². The summed E-state index contributed by atoms with van der Waals surface area (Å²) in [6.45, 7) is 9.42. The zero-order valence-corrected chi connectivity index (χ0v) is 33.7. The second kappa shape index (κ2) is 14.3. The Balaban J connectivity index is 1.37. The molecule has 5 aliphatic rings. The molecule has 7 rings (SSSR count). The number of amides is 2. The van der Waals surface area contributed by atoms with Gasteiger partial charge in [0.05, 0.1) is 29.6 Å². The van der Waals surface area contributed by atoms with Crippen molar-refractivity contribution in [3.05, 3.63) is 82.9 Å². The van der Waals surface area contributed by atoms with E-state index in [0.717, 1.165) is 6.92 Å². The first-order valence-corrected chi connectivity index (χ1v) is 19.5. The van der Waals surface area contributed by atoms with E-state index in [-0.39, 0.29) is 35.3 Å². The molecule has 4 N–H and O–H groups in total. The molecule has 2 heterocycles. The Morgan fingerprint density at radius 2 is 1.53 bits per heavy atom. The molecule has 2 saturated heterocycles. The summed E-state index contributed by atoms with van der Waals surface area (Å²) in [5.74, 6) is -6.42. The molecule has 2 saturated carbocycles. The molecular weight excluding hydrogens is 770 g/mol. The average Bonchev–Trinajstić information content (AvgIpc) is 3.38. The van der Waals surface area contributed by atoms with Gasteiger partial charge in [0, 0.05) is 25.2 Å². The van der Waals surface area contributed by atoms with Crippen LogP contribution in [0.1, 0.15) is 83.3 Å². The van der Waals surface area contributed by atoms with Gasteiger partial charge in [-0.05, 0) is 56.5 Å². The van der Waals surface area contributed by atoms with E-state index < -0.39 is 118 Å². The predicted octanol–water partition coefficient (Wildman–Crippen LogP) is 2.49. The number of imide groups is 1. The van der Waals surface area contributed by atoms with E-state index in [0.29, 0.717) is 4.90 Å². The second-order valence-corrected chi connectivity index (χ2v) is 17.4. The Labute approximate surface area is 340 Å². The fourth-order valence-corrected chi connectivity index (χ4v) is 10.2. The monoisotopic (exact) mass is 819 g/mol. The fraction of sp³-hybridized carbons (Fsp3) is 0.535. The van der Waals surface area contributed by atoms with Gasteiger partial charge < -0.3 is 44.1 Å². The number of benzene rings is 2. The van der Waals surface area contributed by atoms with Crippen LogP contribution in [0.5, 0.6) is 0 Å². The van der Waals surface area contributed by atoms with Crippen LogP contribution in [0, 0.1) is 16.7 Å². The number of Topliss-reactive ketones (excluding diaryl/α,β-unsaturated/α-hetero) is 1. The Morgan fingerprint density at radius 3 is 2.07 bits per heavy atom. The van der Waals surface area contributed by atoms with E-state index >= 15 is 0 Å². The topological polar surface area (TPSA) is 233 Å². The predicted molar refractivity (Wildman–Crippen MR) is 202 cm³/mol. The highest BCUT2D eigenvalue weighted by Crippen LogP contribution is 2.64. The summed E-state index contributed by atoms with van der Waals surface area (Å²) in [7, 11) is 0. The molecule has 59 heavy (non-hydrogen) atoms. The molecular formula is C43H49NO15. The lowest BCUT2D eigenvalue weighted by molar-refractivity contribution is -0.346. The fourth-order valence-electron chi connectivity index (χ4n) is 10.2. The summed E-state index contributed by atoms with van der Waals surface area (Å²) in [6.07, 6.45) is -12.1. The number of aliphatic hydroxyl groups is 4. The number of nitrogens with zero attached hydrogens (tertiary/aromatic N) is 1.